The van der Waals surface area contributed by atoms with E-state index in [1.54, 1.807) is 12.1 Å². The molecule has 0 unspecified atom stereocenters. The molecule has 0 fully saturated rings. The first kappa shape index (κ1) is 18.3. The van der Waals surface area contributed by atoms with E-state index in [9.17, 15) is 5.11 Å². The van der Waals surface area contributed by atoms with Crippen LogP contribution >= 0.6 is 0 Å². The fraction of sp³-hybridized carbons (Fsp3) is 0.0714. The smallest absolute Gasteiger partial charge is 0.135 e. The normalized spacial score (nSPS) is 17.6. The van der Waals surface area contributed by atoms with Gasteiger partial charge in [0, 0.05) is 5.56 Å². The number of ether oxygens (including phenoxy) is 1. The van der Waals surface area contributed by atoms with E-state index in [4.69, 9.17) is 4.74 Å². The number of hydrogen-bond donors (Lipinski definition) is 1. The van der Waals surface area contributed by atoms with E-state index in [-0.39, 0.29) is 17.8 Å². The summed E-state index contributed by atoms with van der Waals surface area (Å²) in [5.74, 6) is 1.27. The van der Waals surface area contributed by atoms with Gasteiger partial charge in [-0.1, -0.05) is 91.0 Å². The van der Waals surface area contributed by atoms with Crippen LogP contribution in [0.15, 0.2) is 103 Å². The van der Waals surface area contributed by atoms with Gasteiger partial charge in [-0.3, -0.25) is 0 Å². The highest BCUT2D eigenvalue weighted by Crippen LogP contribution is 2.49. The van der Waals surface area contributed by atoms with Crippen molar-refractivity contribution in [1.29, 1.82) is 0 Å². The molecule has 4 aromatic rings. The number of phenolic OH excluding ortho intramolecular Hbond substituents is 1. The molecular formula is C28H22O2. The number of benzene rings is 4. The van der Waals surface area contributed by atoms with Crippen molar-refractivity contribution >= 4 is 12.2 Å². The molecule has 0 radical (unpaired) electrons. The molecule has 2 nitrogen and oxygen atoms in total. The highest BCUT2D eigenvalue weighted by Gasteiger charge is 2.36. The third kappa shape index (κ3) is 3.60. The summed E-state index contributed by atoms with van der Waals surface area (Å²) in [6.45, 7) is 0. The largest absolute Gasteiger partial charge is 0.508 e. The van der Waals surface area contributed by atoms with Gasteiger partial charge in [0.2, 0.25) is 0 Å². The number of aromatic hydroxyl groups is 1. The molecule has 4 aromatic carbocycles. The van der Waals surface area contributed by atoms with Crippen LogP contribution in [0.3, 0.4) is 0 Å². The molecule has 0 spiro atoms. The molecule has 0 bridgehead atoms. The highest BCUT2D eigenvalue weighted by atomic mass is 16.5. The van der Waals surface area contributed by atoms with Gasteiger partial charge in [0.25, 0.3) is 0 Å². The van der Waals surface area contributed by atoms with Crippen LogP contribution in [0.2, 0.25) is 0 Å². The topological polar surface area (TPSA) is 29.5 Å². The molecule has 0 aromatic heterocycles. The fourth-order valence-corrected chi connectivity index (χ4v) is 4.08. The Kier molecular flexibility index (Phi) is 4.82. The van der Waals surface area contributed by atoms with Gasteiger partial charge in [0.1, 0.15) is 17.6 Å². The molecule has 5 rings (SSSR count). The summed E-state index contributed by atoms with van der Waals surface area (Å²) in [6, 6.07) is 34.5. The lowest BCUT2D eigenvalue weighted by Gasteiger charge is -2.20. The van der Waals surface area contributed by atoms with Crippen molar-refractivity contribution in [2.45, 2.75) is 12.0 Å². The van der Waals surface area contributed by atoms with Gasteiger partial charge in [-0.25, -0.2) is 0 Å². The summed E-state index contributed by atoms with van der Waals surface area (Å²) in [6.07, 6.45) is 4.15. The van der Waals surface area contributed by atoms with Crippen molar-refractivity contribution in [3.63, 3.8) is 0 Å². The Hall–Kier alpha value is -3.78. The zero-order valence-electron chi connectivity index (χ0n) is 16.5. The summed E-state index contributed by atoms with van der Waals surface area (Å²) < 4.78 is 6.41. The van der Waals surface area contributed by atoms with E-state index < -0.39 is 0 Å². The minimum atomic E-state index is -0.128. The quantitative estimate of drug-likeness (QED) is 0.387. The minimum Gasteiger partial charge on any atom is -0.508 e. The van der Waals surface area contributed by atoms with Crippen LogP contribution < -0.4 is 4.74 Å². The number of fused-ring (bicyclic) bond motifs is 1. The molecule has 0 amide bonds. The van der Waals surface area contributed by atoms with Gasteiger partial charge in [-0.2, -0.15) is 0 Å². The molecule has 0 saturated carbocycles. The van der Waals surface area contributed by atoms with E-state index in [0.29, 0.717) is 0 Å². The van der Waals surface area contributed by atoms with Gasteiger partial charge in [-0.05, 0) is 46.5 Å². The van der Waals surface area contributed by atoms with E-state index in [0.717, 1.165) is 16.9 Å². The van der Waals surface area contributed by atoms with Crippen molar-refractivity contribution in [3.8, 4) is 11.5 Å². The average molecular weight is 390 g/mol. The summed E-state index contributed by atoms with van der Waals surface area (Å²) in [5.41, 5.74) is 5.79. The van der Waals surface area contributed by atoms with Crippen LogP contribution in [0.4, 0.5) is 0 Å². The molecular weight excluding hydrogens is 368 g/mol. The Bertz CT molecular complexity index is 1160. The third-order valence-corrected chi connectivity index (χ3v) is 5.57. The Balaban J connectivity index is 1.54. The molecule has 1 N–H and O–H groups in total. The SMILES string of the molecule is Oc1ccc([C@@H]2Oc3ccc(/C=C/c4ccccc4)cc3[C@H]2c2ccccc2)cc1. The second-order valence-corrected chi connectivity index (χ2v) is 7.56. The summed E-state index contributed by atoms with van der Waals surface area (Å²) in [7, 11) is 0. The summed E-state index contributed by atoms with van der Waals surface area (Å²) in [5, 5.41) is 9.70. The van der Waals surface area contributed by atoms with Crippen molar-refractivity contribution in [2.24, 2.45) is 0 Å². The first-order valence-electron chi connectivity index (χ1n) is 10.2. The molecule has 2 atom stereocenters. The van der Waals surface area contributed by atoms with Crippen LogP contribution in [0.25, 0.3) is 12.2 Å². The zero-order valence-corrected chi connectivity index (χ0v) is 16.5. The van der Waals surface area contributed by atoms with Gasteiger partial charge < -0.3 is 9.84 Å². The van der Waals surface area contributed by atoms with E-state index in [1.807, 2.05) is 36.4 Å². The van der Waals surface area contributed by atoms with E-state index in [1.165, 1.54) is 16.7 Å². The maximum Gasteiger partial charge on any atom is 0.135 e. The maximum absolute atomic E-state index is 9.70. The predicted octanol–water partition coefficient (Wildman–Crippen LogP) is 6.83. The zero-order chi connectivity index (χ0) is 20.3. The van der Waals surface area contributed by atoms with Crippen LogP contribution in [-0.4, -0.2) is 5.11 Å². The van der Waals surface area contributed by atoms with Crippen LogP contribution in [0.5, 0.6) is 11.5 Å². The van der Waals surface area contributed by atoms with Crippen molar-refractivity contribution in [1.82, 2.24) is 0 Å². The third-order valence-electron chi connectivity index (χ3n) is 5.57. The number of hydrogen-bond acceptors (Lipinski definition) is 2. The Morgan fingerprint density at radius 3 is 2.03 bits per heavy atom. The average Bonchev–Trinajstić information content (AvgIpc) is 3.18. The molecule has 1 aliphatic rings. The number of rotatable bonds is 4. The standard InChI is InChI=1S/C28H22O2/c29-24-16-14-23(15-17-24)28-27(22-9-5-2-6-10-22)25-19-21(13-18-26(25)30-28)12-11-20-7-3-1-4-8-20/h1-19,27-29H/b12-11+/t27-,28+/m1/s1. The summed E-state index contributed by atoms with van der Waals surface area (Å²) >= 11 is 0. The second-order valence-electron chi connectivity index (χ2n) is 7.56. The fourth-order valence-electron chi connectivity index (χ4n) is 4.08. The molecule has 146 valence electrons. The molecule has 2 heteroatoms. The molecule has 1 aliphatic heterocycles. The molecule has 30 heavy (non-hydrogen) atoms. The van der Waals surface area contributed by atoms with Gasteiger partial charge in [0.05, 0.1) is 5.92 Å². The Morgan fingerprint density at radius 1 is 0.633 bits per heavy atom. The van der Waals surface area contributed by atoms with Crippen LogP contribution in [0.1, 0.15) is 39.8 Å². The Labute approximate surface area is 176 Å². The lowest BCUT2D eigenvalue weighted by atomic mass is 9.84. The highest BCUT2D eigenvalue weighted by molar-refractivity contribution is 5.71. The lowest BCUT2D eigenvalue weighted by Crippen LogP contribution is -2.11. The first-order chi connectivity index (χ1) is 14.8. The van der Waals surface area contributed by atoms with E-state index in [2.05, 4.69) is 66.7 Å². The Morgan fingerprint density at radius 2 is 1.30 bits per heavy atom. The molecule has 0 saturated heterocycles. The number of phenols is 1. The maximum atomic E-state index is 9.70. The van der Waals surface area contributed by atoms with Crippen molar-refractivity contribution < 1.29 is 9.84 Å². The van der Waals surface area contributed by atoms with Crippen molar-refractivity contribution in [3.05, 3.63) is 131 Å². The van der Waals surface area contributed by atoms with Gasteiger partial charge in [0.15, 0.2) is 0 Å². The molecule has 0 aliphatic carbocycles. The van der Waals surface area contributed by atoms with Crippen LogP contribution in [-0.2, 0) is 0 Å². The van der Waals surface area contributed by atoms with Gasteiger partial charge >= 0.3 is 0 Å². The van der Waals surface area contributed by atoms with Gasteiger partial charge in [-0.15, -0.1) is 0 Å². The van der Waals surface area contributed by atoms with Crippen molar-refractivity contribution in [2.75, 3.05) is 0 Å². The molecule has 1 heterocycles. The minimum absolute atomic E-state index is 0.0934. The van der Waals surface area contributed by atoms with E-state index >= 15 is 0 Å². The second kappa shape index (κ2) is 7.92. The first-order valence-corrected chi connectivity index (χ1v) is 10.2. The predicted molar refractivity (Wildman–Crippen MR) is 122 cm³/mol. The van der Waals surface area contributed by atoms with Crippen LogP contribution in [0, 0.1) is 0 Å². The lowest BCUT2D eigenvalue weighted by molar-refractivity contribution is 0.222. The monoisotopic (exact) mass is 390 g/mol. The summed E-state index contributed by atoms with van der Waals surface area (Å²) in [4.78, 5) is 0.